The lowest BCUT2D eigenvalue weighted by atomic mass is 10.1. The maximum Gasteiger partial charge on any atom is 0.0759 e. The lowest BCUT2D eigenvalue weighted by molar-refractivity contribution is 0.145. The summed E-state index contributed by atoms with van der Waals surface area (Å²) in [5, 5.41) is 3.32. The van der Waals surface area contributed by atoms with Crippen molar-refractivity contribution in [2.24, 2.45) is 0 Å². The lowest BCUT2D eigenvalue weighted by Crippen LogP contribution is -2.06. The average Bonchev–Trinajstić information content (AvgIpc) is 2.60. The number of hydrogen-bond acceptors (Lipinski definition) is 2. The van der Waals surface area contributed by atoms with Crippen LogP contribution in [0.1, 0.15) is 19.3 Å². The Balaban J connectivity index is 1.89. The molecule has 2 heterocycles. The lowest BCUT2D eigenvalue weighted by Gasteiger charge is -2.03. The third-order valence-corrected chi connectivity index (χ3v) is 2.36. The highest BCUT2D eigenvalue weighted by Gasteiger charge is 2.14. The smallest absolute Gasteiger partial charge is 0.0759 e. The van der Waals surface area contributed by atoms with Gasteiger partial charge in [-0.05, 0) is 25.8 Å². The zero-order valence-electron chi connectivity index (χ0n) is 6.81. The Morgan fingerprint density at radius 3 is 3.18 bits per heavy atom. The summed E-state index contributed by atoms with van der Waals surface area (Å²) in [5.41, 5.74) is 1.54. The molecular weight excluding hydrogens is 138 g/mol. The second-order valence-electron chi connectivity index (χ2n) is 3.30. The summed E-state index contributed by atoms with van der Waals surface area (Å²) in [6.45, 7) is 3.19. The maximum absolute atomic E-state index is 5.51. The summed E-state index contributed by atoms with van der Waals surface area (Å²) in [6, 6.07) is 0. The Bertz CT molecular complexity index is 151. The van der Waals surface area contributed by atoms with Gasteiger partial charge in [-0.1, -0.05) is 11.6 Å². The van der Waals surface area contributed by atoms with Gasteiger partial charge in [0.15, 0.2) is 0 Å². The highest BCUT2D eigenvalue weighted by molar-refractivity contribution is 5.11. The molecule has 11 heavy (non-hydrogen) atoms. The first-order valence-corrected chi connectivity index (χ1v) is 4.47. The van der Waals surface area contributed by atoms with Gasteiger partial charge >= 0.3 is 0 Å². The summed E-state index contributed by atoms with van der Waals surface area (Å²) >= 11 is 0. The van der Waals surface area contributed by atoms with E-state index in [1.165, 1.54) is 24.8 Å². The van der Waals surface area contributed by atoms with E-state index in [0.29, 0.717) is 6.10 Å². The summed E-state index contributed by atoms with van der Waals surface area (Å²) in [6.07, 6.45) is 6.43. The molecule has 2 nitrogen and oxygen atoms in total. The molecule has 0 saturated carbocycles. The Morgan fingerprint density at radius 1 is 1.55 bits per heavy atom. The fraction of sp³-hybridized carbons (Fsp3) is 0.778. The van der Waals surface area contributed by atoms with Crippen LogP contribution in [0.25, 0.3) is 0 Å². The fourth-order valence-corrected chi connectivity index (χ4v) is 1.73. The summed E-state index contributed by atoms with van der Waals surface area (Å²) in [4.78, 5) is 0. The van der Waals surface area contributed by atoms with Crippen LogP contribution in [0.4, 0.5) is 0 Å². The van der Waals surface area contributed by atoms with Gasteiger partial charge in [0, 0.05) is 13.2 Å². The molecule has 1 N–H and O–H groups in total. The van der Waals surface area contributed by atoms with Crippen molar-refractivity contribution in [1.29, 1.82) is 0 Å². The van der Waals surface area contributed by atoms with E-state index in [9.17, 15) is 0 Å². The van der Waals surface area contributed by atoms with E-state index in [4.69, 9.17) is 4.74 Å². The molecule has 2 rings (SSSR count). The second-order valence-corrected chi connectivity index (χ2v) is 3.30. The van der Waals surface area contributed by atoms with Crippen molar-refractivity contribution in [1.82, 2.24) is 5.32 Å². The topological polar surface area (TPSA) is 21.3 Å². The van der Waals surface area contributed by atoms with Crippen LogP contribution < -0.4 is 5.32 Å². The quantitative estimate of drug-likeness (QED) is 0.569. The Hall–Kier alpha value is -0.340. The highest BCUT2D eigenvalue weighted by Crippen LogP contribution is 2.17. The predicted octanol–water partition coefficient (Wildman–Crippen LogP) is 1.09. The molecule has 1 atom stereocenters. The van der Waals surface area contributed by atoms with Crippen molar-refractivity contribution in [3.63, 3.8) is 0 Å². The van der Waals surface area contributed by atoms with E-state index >= 15 is 0 Å². The molecule has 2 heteroatoms. The van der Waals surface area contributed by atoms with Crippen molar-refractivity contribution in [2.75, 3.05) is 19.7 Å². The van der Waals surface area contributed by atoms with E-state index in [1.54, 1.807) is 0 Å². The van der Waals surface area contributed by atoms with Crippen LogP contribution >= 0.6 is 0 Å². The minimum atomic E-state index is 0.435. The fourth-order valence-electron chi connectivity index (χ4n) is 1.73. The Labute approximate surface area is 67.6 Å². The zero-order chi connectivity index (χ0) is 7.52. The molecule has 2 fully saturated rings. The van der Waals surface area contributed by atoms with Crippen LogP contribution in [0.5, 0.6) is 0 Å². The van der Waals surface area contributed by atoms with Crippen LogP contribution in [-0.4, -0.2) is 25.8 Å². The molecule has 0 aromatic rings. The van der Waals surface area contributed by atoms with E-state index < -0.39 is 0 Å². The van der Waals surface area contributed by atoms with Crippen LogP contribution in [0.2, 0.25) is 0 Å². The molecule has 2 saturated heterocycles. The second kappa shape index (κ2) is 3.37. The molecule has 0 aliphatic carbocycles. The number of rotatable bonds is 1. The Morgan fingerprint density at radius 2 is 2.55 bits per heavy atom. The SMILES string of the molecule is C(=C1\CCNC1)/C1CCCO1. The van der Waals surface area contributed by atoms with Crippen molar-refractivity contribution < 1.29 is 4.74 Å². The average molecular weight is 153 g/mol. The van der Waals surface area contributed by atoms with Crippen molar-refractivity contribution in [3.05, 3.63) is 11.6 Å². The summed E-state index contributed by atoms with van der Waals surface area (Å²) in [7, 11) is 0. The van der Waals surface area contributed by atoms with Gasteiger partial charge in [-0.3, -0.25) is 0 Å². The van der Waals surface area contributed by atoms with Gasteiger partial charge < -0.3 is 10.1 Å². The minimum absolute atomic E-state index is 0.435. The molecule has 2 aliphatic heterocycles. The van der Waals surface area contributed by atoms with Gasteiger partial charge in [0.25, 0.3) is 0 Å². The standard InChI is InChI=1S/C9H15NO/c1-2-9(11-5-1)6-8-3-4-10-7-8/h6,9-10H,1-5,7H2/b8-6-. The third kappa shape index (κ3) is 1.82. The molecule has 0 aromatic carbocycles. The van der Waals surface area contributed by atoms with E-state index in [2.05, 4.69) is 11.4 Å². The first-order chi connectivity index (χ1) is 5.45. The predicted molar refractivity (Wildman–Crippen MR) is 44.5 cm³/mol. The zero-order valence-corrected chi connectivity index (χ0v) is 6.81. The first-order valence-electron chi connectivity index (χ1n) is 4.47. The molecule has 62 valence electrons. The van der Waals surface area contributed by atoms with Crippen molar-refractivity contribution in [2.45, 2.75) is 25.4 Å². The molecule has 0 radical (unpaired) electrons. The number of nitrogens with one attached hydrogen (secondary N) is 1. The van der Waals surface area contributed by atoms with E-state index in [-0.39, 0.29) is 0 Å². The summed E-state index contributed by atoms with van der Waals surface area (Å²) < 4.78 is 5.51. The van der Waals surface area contributed by atoms with Gasteiger partial charge in [0.2, 0.25) is 0 Å². The normalized spacial score (nSPS) is 35.3. The Kier molecular flexibility index (Phi) is 2.24. The molecule has 0 amide bonds. The van der Waals surface area contributed by atoms with Crippen molar-refractivity contribution in [3.8, 4) is 0 Å². The summed E-state index contributed by atoms with van der Waals surface area (Å²) in [5.74, 6) is 0. The van der Waals surface area contributed by atoms with Gasteiger partial charge in [0.05, 0.1) is 6.10 Å². The van der Waals surface area contributed by atoms with Crippen molar-refractivity contribution >= 4 is 0 Å². The van der Waals surface area contributed by atoms with Gasteiger partial charge in [-0.25, -0.2) is 0 Å². The maximum atomic E-state index is 5.51. The first kappa shape index (κ1) is 7.32. The number of hydrogen-bond donors (Lipinski definition) is 1. The molecule has 2 aliphatic rings. The monoisotopic (exact) mass is 153 g/mol. The van der Waals surface area contributed by atoms with Crippen LogP contribution in [-0.2, 0) is 4.74 Å². The van der Waals surface area contributed by atoms with Gasteiger partial charge in [0.1, 0.15) is 0 Å². The van der Waals surface area contributed by atoms with E-state index in [1.807, 2.05) is 0 Å². The van der Waals surface area contributed by atoms with Gasteiger partial charge in [-0.2, -0.15) is 0 Å². The molecular formula is C9H15NO. The minimum Gasteiger partial charge on any atom is -0.374 e. The molecule has 0 spiro atoms. The van der Waals surface area contributed by atoms with Crippen LogP contribution in [0.3, 0.4) is 0 Å². The highest BCUT2D eigenvalue weighted by atomic mass is 16.5. The molecule has 1 unspecified atom stereocenters. The van der Waals surface area contributed by atoms with E-state index in [0.717, 1.165) is 19.7 Å². The third-order valence-electron chi connectivity index (χ3n) is 2.36. The number of ether oxygens (including phenoxy) is 1. The molecule has 0 aromatic heterocycles. The van der Waals surface area contributed by atoms with Gasteiger partial charge in [-0.15, -0.1) is 0 Å². The van der Waals surface area contributed by atoms with Crippen LogP contribution in [0, 0.1) is 0 Å². The largest absolute Gasteiger partial charge is 0.374 e. The molecule has 0 bridgehead atoms. The van der Waals surface area contributed by atoms with Crippen LogP contribution in [0.15, 0.2) is 11.6 Å².